The van der Waals surface area contributed by atoms with E-state index >= 15 is 0 Å². The van der Waals surface area contributed by atoms with Crippen LogP contribution in [-0.2, 0) is 6.54 Å². The lowest BCUT2D eigenvalue weighted by Crippen LogP contribution is -2.02. The van der Waals surface area contributed by atoms with Crippen LogP contribution in [0.4, 0.5) is 5.82 Å². The number of anilines is 1. The highest BCUT2D eigenvalue weighted by atomic mass is 35.5. The zero-order valence-corrected chi connectivity index (χ0v) is 9.70. The summed E-state index contributed by atoms with van der Waals surface area (Å²) >= 11 is 5.77. The molecule has 1 aromatic heterocycles. The highest BCUT2D eigenvalue weighted by Crippen LogP contribution is 2.11. The number of halogens is 1. The number of hydrogen-bond donors (Lipinski definition) is 1. The fourth-order valence-corrected chi connectivity index (χ4v) is 1.64. The highest BCUT2D eigenvalue weighted by molar-refractivity contribution is 6.28. The van der Waals surface area contributed by atoms with E-state index in [1.807, 2.05) is 31.2 Å². The molecule has 3 nitrogen and oxygen atoms in total. The molecule has 0 spiro atoms. The van der Waals surface area contributed by atoms with Gasteiger partial charge in [-0.1, -0.05) is 30.3 Å². The highest BCUT2D eigenvalue weighted by Gasteiger charge is 1.99. The fourth-order valence-electron chi connectivity index (χ4n) is 1.41. The maximum Gasteiger partial charge on any atom is 0.224 e. The molecule has 0 unspecified atom stereocenters. The van der Waals surface area contributed by atoms with Crippen molar-refractivity contribution in [2.24, 2.45) is 0 Å². The minimum absolute atomic E-state index is 0.274. The predicted molar refractivity (Wildman–Crippen MR) is 65.5 cm³/mol. The summed E-state index contributed by atoms with van der Waals surface area (Å²) in [5.74, 6) is 0.751. The summed E-state index contributed by atoms with van der Waals surface area (Å²) in [4.78, 5) is 8.10. The molecular formula is C12H12ClN3. The van der Waals surface area contributed by atoms with Crippen LogP contribution >= 0.6 is 11.6 Å². The van der Waals surface area contributed by atoms with E-state index in [2.05, 4.69) is 27.4 Å². The van der Waals surface area contributed by atoms with Gasteiger partial charge in [-0.15, -0.1) is 0 Å². The Morgan fingerprint density at radius 2 is 1.94 bits per heavy atom. The van der Waals surface area contributed by atoms with E-state index in [1.165, 1.54) is 5.56 Å². The molecule has 0 aliphatic carbocycles. The summed E-state index contributed by atoms with van der Waals surface area (Å²) in [6.45, 7) is 2.62. The maximum absolute atomic E-state index is 5.77. The van der Waals surface area contributed by atoms with Gasteiger partial charge in [0, 0.05) is 18.3 Å². The van der Waals surface area contributed by atoms with Crippen molar-refractivity contribution in [3.63, 3.8) is 0 Å². The van der Waals surface area contributed by atoms with Gasteiger partial charge in [-0.3, -0.25) is 0 Å². The number of hydrogen-bond acceptors (Lipinski definition) is 3. The van der Waals surface area contributed by atoms with E-state index in [-0.39, 0.29) is 5.28 Å². The first-order valence-corrected chi connectivity index (χ1v) is 5.41. The first-order chi connectivity index (χ1) is 7.74. The number of nitrogens with one attached hydrogen (secondary N) is 1. The molecule has 0 saturated heterocycles. The van der Waals surface area contributed by atoms with Gasteiger partial charge in [-0.2, -0.15) is 0 Å². The van der Waals surface area contributed by atoms with Crippen LogP contribution in [0.15, 0.2) is 36.4 Å². The molecular weight excluding hydrogens is 222 g/mol. The first kappa shape index (κ1) is 10.9. The van der Waals surface area contributed by atoms with Crippen molar-refractivity contribution >= 4 is 17.4 Å². The Labute approximate surface area is 99.5 Å². The van der Waals surface area contributed by atoms with E-state index < -0.39 is 0 Å². The second-order valence-electron chi connectivity index (χ2n) is 3.50. The van der Waals surface area contributed by atoms with Crippen molar-refractivity contribution in [1.82, 2.24) is 9.97 Å². The topological polar surface area (TPSA) is 37.8 Å². The number of rotatable bonds is 3. The van der Waals surface area contributed by atoms with Crippen LogP contribution in [-0.4, -0.2) is 9.97 Å². The van der Waals surface area contributed by atoms with Crippen LogP contribution in [0.1, 0.15) is 11.3 Å². The Bertz CT molecular complexity index is 451. The van der Waals surface area contributed by atoms with Gasteiger partial charge in [0.2, 0.25) is 5.28 Å². The molecule has 0 radical (unpaired) electrons. The molecule has 16 heavy (non-hydrogen) atoms. The summed E-state index contributed by atoms with van der Waals surface area (Å²) in [5.41, 5.74) is 2.06. The van der Waals surface area contributed by atoms with Crippen molar-refractivity contribution in [2.75, 3.05) is 5.32 Å². The SMILES string of the molecule is Cc1cc(NCc2ccccc2)nc(Cl)n1. The molecule has 2 aromatic rings. The molecule has 0 aliphatic heterocycles. The van der Waals surface area contributed by atoms with Crippen LogP contribution in [0.3, 0.4) is 0 Å². The molecule has 82 valence electrons. The molecule has 1 heterocycles. The number of nitrogens with zero attached hydrogens (tertiary/aromatic N) is 2. The third kappa shape index (κ3) is 2.94. The average Bonchev–Trinajstić information content (AvgIpc) is 2.27. The first-order valence-electron chi connectivity index (χ1n) is 5.03. The van der Waals surface area contributed by atoms with E-state index in [0.717, 1.165) is 18.1 Å². The summed E-state index contributed by atoms with van der Waals surface area (Å²) in [6, 6.07) is 12.0. The van der Waals surface area contributed by atoms with Crippen LogP contribution < -0.4 is 5.32 Å². The monoisotopic (exact) mass is 233 g/mol. The molecule has 0 fully saturated rings. The molecule has 0 atom stereocenters. The normalized spacial score (nSPS) is 10.1. The van der Waals surface area contributed by atoms with Gasteiger partial charge in [0.15, 0.2) is 0 Å². The average molecular weight is 234 g/mol. The lowest BCUT2D eigenvalue weighted by Gasteiger charge is -2.06. The summed E-state index contributed by atoms with van der Waals surface area (Å²) in [7, 11) is 0. The zero-order valence-electron chi connectivity index (χ0n) is 8.94. The van der Waals surface area contributed by atoms with Crippen molar-refractivity contribution in [2.45, 2.75) is 13.5 Å². The summed E-state index contributed by atoms with van der Waals surface area (Å²) in [5, 5.41) is 3.48. The van der Waals surface area contributed by atoms with E-state index in [1.54, 1.807) is 0 Å². The lowest BCUT2D eigenvalue weighted by atomic mass is 10.2. The van der Waals surface area contributed by atoms with Gasteiger partial charge in [-0.05, 0) is 24.1 Å². The van der Waals surface area contributed by atoms with E-state index in [4.69, 9.17) is 11.6 Å². The maximum atomic E-state index is 5.77. The number of benzene rings is 1. The second-order valence-corrected chi connectivity index (χ2v) is 3.84. The summed E-state index contributed by atoms with van der Waals surface area (Å²) < 4.78 is 0. The fraction of sp³-hybridized carbons (Fsp3) is 0.167. The number of aryl methyl sites for hydroxylation is 1. The minimum Gasteiger partial charge on any atom is -0.366 e. The second kappa shape index (κ2) is 4.94. The van der Waals surface area contributed by atoms with Crippen molar-refractivity contribution in [1.29, 1.82) is 0 Å². The van der Waals surface area contributed by atoms with Crippen molar-refractivity contribution in [3.05, 3.63) is 52.9 Å². The molecule has 1 N–H and O–H groups in total. The van der Waals surface area contributed by atoms with Crippen LogP contribution in [0.5, 0.6) is 0 Å². The van der Waals surface area contributed by atoms with E-state index in [0.29, 0.717) is 0 Å². The predicted octanol–water partition coefficient (Wildman–Crippen LogP) is 3.05. The van der Waals surface area contributed by atoms with Gasteiger partial charge < -0.3 is 5.32 Å². The van der Waals surface area contributed by atoms with Crippen molar-refractivity contribution < 1.29 is 0 Å². The van der Waals surface area contributed by atoms with Crippen LogP contribution in [0, 0.1) is 6.92 Å². The van der Waals surface area contributed by atoms with Gasteiger partial charge in [-0.25, -0.2) is 9.97 Å². The quantitative estimate of drug-likeness (QED) is 0.828. The minimum atomic E-state index is 0.274. The third-order valence-electron chi connectivity index (χ3n) is 2.14. The molecule has 1 aromatic carbocycles. The molecule has 4 heteroatoms. The lowest BCUT2D eigenvalue weighted by molar-refractivity contribution is 1.05. The Balaban J connectivity index is 2.05. The van der Waals surface area contributed by atoms with E-state index in [9.17, 15) is 0 Å². The smallest absolute Gasteiger partial charge is 0.224 e. The molecule has 0 amide bonds. The van der Waals surface area contributed by atoms with Crippen LogP contribution in [0.25, 0.3) is 0 Å². The standard InChI is InChI=1S/C12H12ClN3/c1-9-7-11(16-12(13)15-9)14-8-10-5-3-2-4-6-10/h2-7H,8H2,1H3,(H,14,15,16). The Morgan fingerprint density at radius 1 is 1.19 bits per heavy atom. The number of aromatic nitrogens is 2. The van der Waals surface area contributed by atoms with Gasteiger partial charge >= 0.3 is 0 Å². The van der Waals surface area contributed by atoms with Crippen molar-refractivity contribution in [3.8, 4) is 0 Å². The Hall–Kier alpha value is -1.61. The molecule has 0 bridgehead atoms. The molecule has 2 rings (SSSR count). The van der Waals surface area contributed by atoms with Crippen LogP contribution in [0.2, 0.25) is 5.28 Å². The molecule has 0 saturated carbocycles. The third-order valence-corrected chi connectivity index (χ3v) is 2.31. The van der Waals surface area contributed by atoms with Gasteiger partial charge in [0.25, 0.3) is 0 Å². The zero-order chi connectivity index (χ0) is 11.4. The summed E-state index contributed by atoms with van der Waals surface area (Å²) in [6.07, 6.45) is 0. The van der Waals surface area contributed by atoms with Gasteiger partial charge in [0.1, 0.15) is 5.82 Å². The largest absolute Gasteiger partial charge is 0.366 e. The molecule has 0 aliphatic rings. The van der Waals surface area contributed by atoms with Gasteiger partial charge in [0.05, 0.1) is 0 Å². The Morgan fingerprint density at radius 3 is 2.62 bits per heavy atom. The Kier molecular flexibility index (Phi) is 3.37.